The lowest BCUT2D eigenvalue weighted by Crippen LogP contribution is -2.45. The molecule has 1 fully saturated rings. The fraction of sp³-hybridized carbons (Fsp3) is 0.381. The number of pyridine rings is 1. The van der Waals surface area contributed by atoms with Crippen molar-refractivity contribution in [3.63, 3.8) is 0 Å². The molecule has 27 heavy (non-hydrogen) atoms. The maximum atomic E-state index is 13.3. The Kier molecular flexibility index (Phi) is 4.79. The van der Waals surface area contributed by atoms with E-state index in [0.717, 1.165) is 48.5 Å². The minimum atomic E-state index is -0.481. The number of carbonyl (C=O) groups excluding carboxylic acids is 1. The fourth-order valence-electron chi connectivity index (χ4n) is 4.05. The number of nitrogens with zero attached hydrogens (tertiary/aromatic N) is 3. The Balaban J connectivity index is 1.57. The molecule has 0 saturated heterocycles. The number of rotatable bonds is 5. The molecular weight excluding hydrogens is 340 g/mol. The molecule has 0 atom stereocenters. The molecule has 1 N–H and O–H groups in total. The fourth-order valence-corrected chi connectivity index (χ4v) is 4.05. The van der Waals surface area contributed by atoms with Crippen LogP contribution in [0, 0.1) is 0 Å². The van der Waals surface area contributed by atoms with Crippen molar-refractivity contribution in [2.75, 3.05) is 7.11 Å². The second-order valence-electron chi connectivity index (χ2n) is 7.10. The highest BCUT2D eigenvalue weighted by Crippen LogP contribution is 2.40. The lowest BCUT2D eigenvalue weighted by molar-refractivity contribution is -0.128. The highest BCUT2D eigenvalue weighted by molar-refractivity contribution is 5.88. The van der Waals surface area contributed by atoms with Gasteiger partial charge in [-0.3, -0.25) is 9.20 Å². The lowest BCUT2D eigenvalue weighted by Gasteiger charge is -2.36. The highest BCUT2D eigenvalue weighted by Gasteiger charge is 2.41. The largest absolute Gasteiger partial charge is 0.497 e. The van der Waals surface area contributed by atoms with Gasteiger partial charge < -0.3 is 10.1 Å². The number of hydrogen-bond donors (Lipinski definition) is 1. The molecular formula is C21H24N4O2. The van der Waals surface area contributed by atoms with E-state index in [1.807, 2.05) is 53.1 Å². The second kappa shape index (κ2) is 7.39. The number of ether oxygens (including phenoxy) is 1. The van der Waals surface area contributed by atoms with Gasteiger partial charge in [0.25, 0.3) is 0 Å². The number of benzene rings is 1. The van der Waals surface area contributed by atoms with E-state index in [4.69, 9.17) is 4.74 Å². The van der Waals surface area contributed by atoms with E-state index in [1.54, 1.807) is 7.11 Å². The smallest absolute Gasteiger partial charge is 0.231 e. The van der Waals surface area contributed by atoms with E-state index in [9.17, 15) is 4.79 Å². The van der Waals surface area contributed by atoms with Crippen LogP contribution in [0.3, 0.4) is 0 Å². The zero-order valence-corrected chi connectivity index (χ0v) is 15.5. The Morgan fingerprint density at radius 3 is 2.63 bits per heavy atom. The van der Waals surface area contributed by atoms with Crippen LogP contribution < -0.4 is 10.1 Å². The summed E-state index contributed by atoms with van der Waals surface area (Å²) >= 11 is 0. The number of hydrogen-bond acceptors (Lipinski definition) is 4. The molecule has 3 aromatic rings. The highest BCUT2D eigenvalue weighted by atomic mass is 16.5. The molecule has 2 heterocycles. The molecule has 1 amide bonds. The van der Waals surface area contributed by atoms with Crippen molar-refractivity contribution in [3.8, 4) is 5.75 Å². The zero-order valence-electron chi connectivity index (χ0n) is 15.5. The Morgan fingerprint density at radius 1 is 1.11 bits per heavy atom. The molecule has 6 heteroatoms. The first-order valence-corrected chi connectivity index (χ1v) is 9.44. The molecule has 0 aliphatic heterocycles. The zero-order chi connectivity index (χ0) is 18.7. The van der Waals surface area contributed by atoms with Crippen LogP contribution in [-0.4, -0.2) is 27.6 Å². The minimum Gasteiger partial charge on any atom is -0.497 e. The molecule has 1 aromatic carbocycles. The van der Waals surface area contributed by atoms with Crippen LogP contribution >= 0.6 is 0 Å². The van der Waals surface area contributed by atoms with E-state index in [2.05, 4.69) is 15.5 Å². The number of amides is 1. The summed E-state index contributed by atoms with van der Waals surface area (Å²) in [4.78, 5) is 13.3. The van der Waals surface area contributed by atoms with Crippen molar-refractivity contribution in [3.05, 3.63) is 60.0 Å². The summed E-state index contributed by atoms with van der Waals surface area (Å²) in [5.74, 6) is 1.61. The van der Waals surface area contributed by atoms with Crippen LogP contribution in [-0.2, 0) is 16.8 Å². The van der Waals surface area contributed by atoms with Crippen LogP contribution in [0.25, 0.3) is 5.65 Å². The van der Waals surface area contributed by atoms with Crippen LogP contribution in [0.1, 0.15) is 43.5 Å². The molecule has 4 rings (SSSR count). The molecule has 140 valence electrons. The summed E-state index contributed by atoms with van der Waals surface area (Å²) < 4.78 is 7.17. The van der Waals surface area contributed by atoms with Gasteiger partial charge in [-0.05, 0) is 42.7 Å². The Hall–Kier alpha value is -2.89. The van der Waals surface area contributed by atoms with E-state index in [0.29, 0.717) is 6.54 Å². The standard InChI is InChI=1S/C21H24N4O2/c1-27-17-10-8-16(9-11-17)21(12-4-2-5-13-21)20(26)22-15-19-24-23-18-7-3-6-14-25(18)19/h3,6-11,14H,2,4-5,12-13,15H2,1H3,(H,22,26). The van der Waals surface area contributed by atoms with Crippen molar-refractivity contribution in [1.29, 1.82) is 0 Å². The number of fused-ring (bicyclic) bond motifs is 1. The van der Waals surface area contributed by atoms with Crippen LogP contribution in [0.15, 0.2) is 48.7 Å². The molecule has 1 saturated carbocycles. The third-order valence-corrected chi connectivity index (χ3v) is 5.58. The maximum absolute atomic E-state index is 13.3. The van der Waals surface area contributed by atoms with Crippen molar-refractivity contribution in [2.24, 2.45) is 0 Å². The van der Waals surface area contributed by atoms with Gasteiger partial charge in [-0.2, -0.15) is 0 Å². The molecule has 2 aromatic heterocycles. The summed E-state index contributed by atoms with van der Waals surface area (Å²) in [5, 5.41) is 11.5. The average molecular weight is 364 g/mol. The van der Waals surface area contributed by atoms with Gasteiger partial charge in [0.2, 0.25) is 5.91 Å². The Labute approximate surface area is 158 Å². The van der Waals surface area contributed by atoms with E-state index < -0.39 is 5.41 Å². The van der Waals surface area contributed by atoms with E-state index in [1.165, 1.54) is 6.42 Å². The van der Waals surface area contributed by atoms with E-state index >= 15 is 0 Å². The summed E-state index contributed by atoms with van der Waals surface area (Å²) in [6.45, 7) is 0.363. The quantitative estimate of drug-likeness (QED) is 0.754. The SMILES string of the molecule is COc1ccc(C2(C(=O)NCc3nnc4ccccn34)CCCCC2)cc1. The van der Waals surface area contributed by atoms with Gasteiger partial charge in [-0.15, -0.1) is 10.2 Å². The maximum Gasteiger partial charge on any atom is 0.231 e. The Bertz CT molecular complexity index is 927. The first kappa shape index (κ1) is 17.5. The molecule has 0 unspecified atom stereocenters. The minimum absolute atomic E-state index is 0.0695. The van der Waals surface area contributed by atoms with Crippen LogP contribution in [0.4, 0.5) is 0 Å². The summed E-state index contributed by atoms with van der Waals surface area (Å²) in [5.41, 5.74) is 1.36. The van der Waals surface area contributed by atoms with Crippen molar-refractivity contribution >= 4 is 11.6 Å². The topological polar surface area (TPSA) is 68.5 Å². The average Bonchev–Trinajstić information content (AvgIpc) is 3.15. The summed E-state index contributed by atoms with van der Waals surface area (Å²) in [6.07, 6.45) is 6.95. The number of carbonyl (C=O) groups is 1. The second-order valence-corrected chi connectivity index (χ2v) is 7.10. The first-order chi connectivity index (χ1) is 13.2. The number of aromatic nitrogens is 3. The monoisotopic (exact) mass is 364 g/mol. The van der Waals surface area contributed by atoms with E-state index in [-0.39, 0.29) is 5.91 Å². The van der Waals surface area contributed by atoms with Gasteiger partial charge >= 0.3 is 0 Å². The summed E-state index contributed by atoms with van der Waals surface area (Å²) in [6, 6.07) is 13.7. The van der Waals surface area contributed by atoms with Crippen LogP contribution in [0.5, 0.6) is 5.75 Å². The molecule has 6 nitrogen and oxygen atoms in total. The normalized spacial score (nSPS) is 16.2. The molecule has 0 spiro atoms. The molecule has 1 aliphatic rings. The third kappa shape index (κ3) is 3.27. The summed E-state index contributed by atoms with van der Waals surface area (Å²) in [7, 11) is 1.65. The van der Waals surface area contributed by atoms with Gasteiger partial charge in [0.15, 0.2) is 11.5 Å². The van der Waals surface area contributed by atoms with Gasteiger partial charge in [-0.1, -0.05) is 37.5 Å². The van der Waals surface area contributed by atoms with Gasteiger partial charge in [0.1, 0.15) is 5.75 Å². The van der Waals surface area contributed by atoms with Crippen molar-refractivity contribution in [2.45, 2.75) is 44.1 Å². The van der Waals surface area contributed by atoms with Gasteiger partial charge in [-0.25, -0.2) is 0 Å². The van der Waals surface area contributed by atoms with Crippen molar-refractivity contribution < 1.29 is 9.53 Å². The first-order valence-electron chi connectivity index (χ1n) is 9.44. The number of nitrogens with one attached hydrogen (secondary N) is 1. The van der Waals surface area contributed by atoms with Crippen molar-refractivity contribution in [1.82, 2.24) is 19.9 Å². The Morgan fingerprint density at radius 2 is 1.89 bits per heavy atom. The third-order valence-electron chi connectivity index (χ3n) is 5.58. The predicted molar refractivity (Wildman–Crippen MR) is 103 cm³/mol. The number of methoxy groups -OCH3 is 1. The molecule has 0 radical (unpaired) electrons. The van der Waals surface area contributed by atoms with Gasteiger partial charge in [0, 0.05) is 6.20 Å². The predicted octanol–water partition coefficient (Wildman–Crippen LogP) is 3.26. The van der Waals surface area contributed by atoms with Gasteiger partial charge in [0.05, 0.1) is 19.1 Å². The van der Waals surface area contributed by atoms with Crippen LogP contribution in [0.2, 0.25) is 0 Å². The lowest BCUT2D eigenvalue weighted by atomic mass is 9.68. The molecule has 1 aliphatic carbocycles. The molecule has 0 bridgehead atoms.